The maximum absolute atomic E-state index is 12.8. The van der Waals surface area contributed by atoms with Crippen molar-refractivity contribution in [3.63, 3.8) is 0 Å². The molecule has 2 rings (SSSR count). The Morgan fingerprint density at radius 3 is 2.65 bits per heavy atom. The summed E-state index contributed by atoms with van der Waals surface area (Å²) in [5, 5.41) is 0.345. The van der Waals surface area contributed by atoms with E-state index in [2.05, 4.69) is 13.8 Å². The molecule has 1 aliphatic rings. The number of benzene rings is 1. The molecule has 0 atom stereocenters. The van der Waals surface area contributed by atoms with Crippen LogP contribution in [0.15, 0.2) is 17.0 Å². The molecule has 1 aromatic carbocycles. The van der Waals surface area contributed by atoms with Crippen molar-refractivity contribution in [2.75, 3.05) is 24.6 Å². The number of nitrogen functional groups attached to an aromatic ring is 1. The lowest BCUT2D eigenvalue weighted by Gasteiger charge is -2.36. The molecule has 4 nitrogen and oxygen atoms in total. The molecule has 1 saturated heterocycles. The summed E-state index contributed by atoms with van der Waals surface area (Å²) in [7, 11) is -3.55. The zero-order valence-electron chi connectivity index (χ0n) is 11.8. The van der Waals surface area contributed by atoms with Gasteiger partial charge >= 0.3 is 0 Å². The zero-order chi connectivity index (χ0) is 15.1. The molecule has 1 heterocycles. The van der Waals surface area contributed by atoms with Crippen molar-refractivity contribution in [3.05, 3.63) is 22.7 Å². The minimum Gasteiger partial charge on any atom is -0.398 e. The molecule has 2 N–H and O–H groups in total. The summed E-state index contributed by atoms with van der Waals surface area (Å²) in [4.78, 5) is 0.213. The summed E-state index contributed by atoms with van der Waals surface area (Å²) in [5.41, 5.74) is 6.79. The molecular formula is C13H19ClN2O2S2. The van der Waals surface area contributed by atoms with Crippen molar-refractivity contribution in [1.82, 2.24) is 4.31 Å². The Morgan fingerprint density at radius 1 is 1.40 bits per heavy atom. The largest absolute Gasteiger partial charge is 0.398 e. The summed E-state index contributed by atoms with van der Waals surface area (Å²) in [6.45, 7) is 6.83. The van der Waals surface area contributed by atoms with E-state index in [1.807, 2.05) is 0 Å². The average molecular weight is 335 g/mol. The highest BCUT2D eigenvalue weighted by Crippen LogP contribution is 2.34. The topological polar surface area (TPSA) is 63.4 Å². The highest BCUT2D eigenvalue weighted by molar-refractivity contribution is 8.00. The first kappa shape index (κ1) is 15.9. The van der Waals surface area contributed by atoms with Gasteiger partial charge < -0.3 is 5.73 Å². The number of thioether (sulfide) groups is 1. The Hall–Kier alpha value is -0.430. The molecule has 0 bridgehead atoms. The summed E-state index contributed by atoms with van der Waals surface area (Å²) < 4.78 is 27.1. The quantitative estimate of drug-likeness (QED) is 0.845. The van der Waals surface area contributed by atoms with E-state index in [0.717, 1.165) is 5.75 Å². The Balaban J connectivity index is 2.46. The molecule has 0 unspecified atom stereocenters. The Bertz CT molecular complexity index is 630. The second-order valence-electron chi connectivity index (χ2n) is 5.56. The first-order chi connectivity index (χ1) is 9.13. The molecule has 1 aromatic rings. The predicted molar refractivity (Wildman–Crippen MR) is 85.9 cm³/mol. The van der Waals surface area contributed by atoms with Crippen LogP contribution in [0.4, 0.5) is 5.69 Å². The van der Waals surface area contributed by atoms with E-state index in [1.54, 1.807) is 24.8 Å². The van der Waals surface area contributed by atoms with Gasteiger partial charge in [-0.3, -0.25) is 0 Å². The number of sulfonamides is 1. The maximum Gasteiger partial charge on any atom is 0.243 e. The van der Waals surface area contributed by atoms with E-state index in [9.17, 15) is 8.42 Å². The van der Waals surface area contributed by atoms with Crippen LogP contribution in [0.5, 0.6) is 0 Å². The third-order valence-corrected chi connectivity index (χ3v) is 6.86. The fraction of sp³-hybridized carbons (Fsp3) is 0.538. The van der Waals surface area contributed by atoms with Crippen molar-refractivity contribution in [2.45, 2.75) is 30.4 Å². The summed E-state index contributed by atoms with van der Waals surface area (Å²) >= 11 is 7.75. The van der Waals surface area contributed by atoms with E-state index in [0.29, 0.717) is 29.4 Å². The van der Waals surface area contributed by atoms with Crippen LogP contribution >= 0.6 is 23.4 Å². The van der Waals surface area contributed by atoms with E-state index < -0.39 is 10.0 Å². The fourth-order valence-electron chi connectivity index (χ4n) is 2.26. The van der Waals surface area contributed by atoms with Crippen LogP contribution in [0, 0.1) is 6.92 Å². The van der Waals surface area contributed by atoms with Gasteiger partial charge in [0.15, 0.2) is 0 Å². The lowest BCUT2D eigenvalue weighted by atomic mass is 10.2. The standard InChI is InChI=1S/C13H19ClN2O2S2/c1-9-11(15)6-10(14)7-12(9)20(17,18)16-4-5-19-13(2,3)8-16/h6-7H,4-5,8,15H2,1-3H3. The SMILES string of the molecule is Cc1c(N)cc(Cl)cc1S(=O)(=O)N1CCSC(C)(C)C1. The number of hydrogen-bond acceptors (Lipinski definition) is 4. The van der Waals surface area contributed by atoms with Gasteiger partial charge in [0, 0.05) is 34.3 Å². The summed E-state index contributed by atoms with van der Waals surface area (Å²) in [5.74, 6) is 0.793. The van der Waals surface area contributed by atoms with Crippen LogP contribution in [0.1, 0.15) is 19.4 Å². The van der Waals surface area contributed by atoms with Gasteiger partial charge in [-0.15, -0.1) is 0 Å². The molecule has 0 aliphatic carbocycles. The Kier molecular flexibility index (Phi) is 4.31. The van der Waals surface area contributed by atoms with Crippen LogP contribution in [0.25, 0.3) is 0 Å². The monoisotopic (exact) mass is 334 g/mol. The predicted octanol–water partition coefficient (Wildman–Crippen LogP) is 2.75. The third kappa shape index (κ3) is 3.08. The average Bonchev–Trinajstić information content (AvgIpc) is 2.32. The molecule has 20 heavy (non-hydrogen) atoms. The second-order valence-corrected chi connectivity index (χ2v) is 9.71. The molecule has 0 radical (unpaired) electrons. The minimum absolute atomic E-state index is 0.0800. The van der Waals surface area contributed by atoms with Crippen LogP contribution < -0.4 is 5.73 Å². The van der Waals surface area contributed by atoms with Crippen molar-refractivity contribution in [2.24, 2.45) is 0 Å². The molecule has 1 fully saturated rings. The van der Waals surface area contributed by atoms with Crippen molar-refractivity contribution < 1.29 is 8.42 Å². The van der Waals surface area contributed by atoms with Gasteiger partial charge in [0.05, 0.1) is 4.90 Å². The molecule has 112 valence electrons. The van der Waals surface area contributed by atoms with Gasteiger partial charge in [-0.1, -0.05) is 11.6 Å². The van der Waals surface area contributed by atoms with Gasteiger partial charge in [0.2, 0.25) is 10.0 Å². The first-order valence-electron chi connectivity index (χ1n) is 6.33. The molecule has 1 aliphatic heterocycles. The van der Waals surface area contributed by atoms with Gasteiger partial charge in [-0.25, -0.2) is 8.42 Å². The van der Waals surface area contributed by atoms with E-state index in [-0.39, 0.29) is 9.64 Å². The molecule has 0 amide bonds. The number of nitrogens with two attached hydrogens (primary N) is 1. The van der Waals surface area contributed by atoms with E-state index >= 15 is 0 Å². The van der Waals surface area contributed by atoms with Crippen LogP contribution in [-0.2, 0) is 10.0 Å². The number of rotatable bonds is 2. The Labute approximate surface area is 129 Å². The highest BCUT2D eigenvalue weighted by atomic mass is 35.5. The lowest BCUT2D eigenvalue weighted by molar-refractivity contribution is 0.387. The second kappa shape index (κ2) is 5.40. The van der Waals surface area contributed by atoms with Gasteiger partial charge in [-0.2, -0.15) is 16.1 Å². The maximum atomic E-state index is 12.8. The Morgan fingerprint density at radius 2 is 2.05 bits per heavy atom. The van der Waals surface area contributed by atoms with Crippen molar-refractivity contribution >= 4 is 39.1 Å². The summed E-state index contributed by atoms with van der Waals surface area (Å²) in [6, 6.07) is 3.06. The zero-order valence-corrected chi connectivity index (χ0v) is 14.2. The molecule has 0 aromatic heterocycles. The lowest BCUT2D eigenvalue weighted by Crippen LogP contribution is -2.46. The minimum atomic E-state index is -3.55. The van der Waals surface area contributed by atoms with Crippen LogP contribution in [-0.4, -0.2) is 36.3 Å². The van der Waals surface area contributed by atoms with Crippen molar-refractivity contribution in [3.8, 4) is 0 Å². The van der Waals surface area contributed by atoms with Crippen LogP contribution in [0.3, 0.4) is 0 Å². The molecule has 0 saturated carbocycles. The first-order valence-corrected chi connectivity index (χ1v) is 9.13. The number of hydrogen-bond donors (Lipinski definition) is 1. The number of nitrogens with zero attached hydrogens (tertiary/aromatic N) is 1. The molecule has 7 heteroatoms. The highest BCUT2D eigenvalue weighted by Gasteiger charge is 2.35. The van der Waals surface area contributed by atoms with Gasteiger partial charge in [0.1, 0.15) is 0 Å². The van der Waals surface area contributed by atoms with Crippen LogP contribution in [0.2, 0.25) is 5.02 Å². The van der Waals surface area contributed by atoms with Crippen molar-refractivity contribution in [1.29, 1.82) is 0 Å². The normalized spacial score (nSPS) is 20.0. The number of anilines is 1. The van der Waals surface area contributed by atoms with Gasteiger partial charge in [0.25, 0.3) is 0 Å². The smallest absolute Gasteiger partial charge is 0.243 e. The molecule has 0 spiro atoms. The third-order valence-electron chi connectivity index (χ3n) is 3.37. The summed E-state index contributed by atoms with van der Waals surface area (Å²) in [6.07, 6.45) is 0. The van der Waals surface area contributed by atoms with E-state index in [4.69, 9.17) is 17.3 Å². The number of halogens is 1. The fourth-order valence-corrected chi connectivity index (χ4v) is 5.74. The van der Waals surface area contributed by atoms with Gasteiger partial charge in [-0.05, 0) is 38.5 Å². The molecular weight excluding hydrogens is 316 g/mol. The van der Waals surface area contributed by atoms with E-state index in [1.165, 1.54) is 10.4 Å².